The van der Waals surface area contributed by atoms with Gasteiger partial charge >= 0.3 is 0 Å². The normalized spacial score (nSPS) is 14.9. The zero-order valence-corrected chi connectivity index (χ0v) is 8.60. The van der Waals surface area contributed by atoms with Gasteiger partial charge in [-0.3, -0.25) is 0 Å². The molecular weight excluding hydrogens is 178 g/mol. The van der Waals surface area contributed by atoms with E-state index in [0.29, 0.717) is 0 Å². The van der Waals surface area contributed by atoms with Gasteiger partial charge in [0, 0.05) is 18.2 Å². The maximum absolute atomic E-state index is 9.01. The number of hydrogen-bond donors (Lipinski definition) is 2. The molecule has 78 valence electrons. The van der Waals surface area contributed by atoms with E-state index in [4.69, 9.17) is 15.6 Å². The molecule has 0 bridgehead atoms. The lowest BCUT2D eigenvalue weighted by Crippen LogP contribution is -2.22. The quantitative estimate of drug-likeness (QED) is 0.762. The van der Waals surface area contributed by atoms with E-state index in [-0.39, 0.29) is 18.6 Å². The summed E-state index contributed by atoms with van der Waals surface area (Å²) in [4.78, 5) is 0. The van der Waals surface area contributed by atoms with Gasteiger partial charge in [0.2, 0.25) is 0 Å². The summed E-state index contributed by atoms with van der Waals surface area (Å²) in [7, 11) is 1.62. The highest BCUT2D eigenvalue weighted by Crippen LogP contribution is 2.27. The molecule has 1 rings (SSSR count). The Kier molecular flexibility index (Phi) is 3.92. The van der Waals surface area contributed by atoms with Crippen LogP contribution < -0.4 is 10.5 Å². The fraction of sp³-hybridized carbons (Fsp3) is 0.455. The number of methoxy groups -OCH3 is 1. The van der Waals surface area contributed by atoms with Crippen molar-refractivity contribution in [2.75, 3.05) is 13.7 Å². The minimum Gasteiger partial charge on any atom is -0.496 e. The topological polar surface area (TPSA) is 55.5 Å². The molecule has 14 heavy (non-hydrogen) atoms. The van der Waals surface area contributed by atoms with Crippen LogP contribution in [-0.4, -0.2) is 18.8 Å². The Morgan fingerprint density at radius 3 is 2.64 bits per heavy atom. The summed E-state index contributed by atoms with van der Waals surface area (Å²) < 4.78 is 5.20. The van der Waals surface area contributed by atoms with Gasteiger partial charge in [-0.25, -0.2) is 0 Å². The molecule has 0 unspecified atom stereocenters. The first-order valence-corrected chi connectivity index (χ1v) is 4.70. The van der Waals surface area contributed by atoms with Crippen LogP contribution in [0.1, 0.15) is 18.5 Å². The Morgan fingerprint density at radius 2 is 2.07 bits per heavy atom. The summed E-state index contributed by atoms with van der Waals surface area (Å²) in [6.07, 6.45) is 0. The van der Waals surface area contributed by atoms with Crippen molar-refractivity contribution in [1.29, 1.82) is 0 Å². The van der Waals surface area contributed by atoms with Crippen molar-refractivity contribution in [2.24, 2.45) is 11.7 Å². The van der Waals surface area contributed by atoms with Crippen molar-refractivity contribution in [3.05, 3.63) is 29.8 Å². The number of rotatable bonds is 4. The lowest BCUT2D eigenvalue weighted by Gasteiger charge is -2.20. The van der Waals surface area contributed by atoms with Crippen LogP contribution in [0.4, 0.5) is 0 Å². The SMILES string of the molecule is COc1ccccc1[C@H](N)[C@@H](C)CO. The summed E-state index contributed by atoms with van der Waals surface area (Å²) in [6.45, 7) is 2.00. The number of aliphatic hydroxyl groups excluding tert-OH is 1. The standard InChI is InChI=1S/C11H17NO2/c1-8(7-13)11(12)9-5-3-4-6-10(9)14-2/h3-6,8,11,13H,7,12H2,1-2H3/t8-,11+/m0/s1. The van der Waals surface area contributed by atoms with Crippen molar-refractivity contribution in [2.45, 2.75) is 13.0 Å². The molecule has 3 nitrogen and oxygen atoms in total. The van der Waals surface area contributed by atoms with Crippen LogP contribution >= 0.6 is 0 Å². The molecular formula is C11H17NO2. The van der Waals surface area contributed by atoms with E-state index in [1.165, 1.54) is 0 Å². The summed E-state index contributed by atoms with van der Waals surface area (Å²) >= 11 is 0. The second-order valence-corrected chi connectivity index (χ2v) is 3.43. The molecule has 0 aromatic heterocycles. The first kappa shape index (κ1) is 11.0. The Labute approximate surface area is 84.5 Å². The van der Waals surface area contributed by atoms with Crippen molar-refractivity contribution in [1.82, 2.24) is 0 Å². The molecule has 0 saturated heterocycles. The second kappa shape index (κ2) is 4.98. The monoisotopic (exact) mass is 195 g/mol. The predicted molar refractivity (Wildman–Crippen MR) is 56.2 cm³/mol. The van der Waals surface area contributed by atoms with Crippen LogP contribution in [0, 0.1) is 5.92 Å². The molecule has 0 aliphatic heterocycles. The molecule has 0 fully saturated rings. The third kappa shape index (κ3) is 2.25. The lowest BCUT2D eigenvalue weighted by atomic mass is 9.95. The molecule has 0 aliphatic rings. The molecule has 0 radical (unpaired) electrons. The Hall–Kier alpha value is -1.06. The molecule has 1 aromatic carbocycles. The maximum atomic E-state index is 9.01. The fourth-order valence-electron chi connectivity index (χ4n) is 1.36. The first-order chi connectivity index (χ1) is 6.70. The molecule has 0 spiro atoms. The molecule has 3 N–H and O–H groups in total. The second-order valence-electron chi connectivity index (χ2n) is 3.43. The van der Waals surface area contributed by atoms with E-state index >= 15 is 0 Å². The Morgan fingerprint density at radius 1 is 1.43 bits per heavy atom. The van der Waals surface area contributed by atoms with Gasteiger partial charge in [-0.15, -0.1) is 0 Å². The van der Waals surface area contributed by atoms with Crippen molar-refractivity contribution in [3.8, 4) is 5.75 Å². The van der Waals surface area contributed by atoms with Gasteiger partial charge in [0.25, 0.3) is 0 Å². The number of nitrogens with two attached hydrogens (primary N) is 1. The van der Waals surface area contributed by atoms with Gasteiger partial charge in [-0.05, 0) is 12.0 Å². The molecule has 3 heteroatoms. The van der Waals surface area contributed by atoms with Crippen molar-refractivity contribution >= 4 is 0 Å². The number of aliphatic hydroxyl groups is 1. The highest BCUT2D eigenvalue weighted by Gasteiger charge is 2.17. The van der Waals surface area contributed by atoms with E-state index in [1.807, 2.05) is 31.2 Å². The molecule has 0 heterocycles. The van der Waals surface area contributed by atoms with E-state index in [0.717, 1.165) is 11.3 Å². The van der Waals surface area contributed by atoms with E-state index in [2.05, 4.69) is 0 Å². The van der Waals surface area contributed by atoms with Crippen LogP contribution in [0.15, 0.2) is 24.3 Å². The van der Waals surface area contributed by atoms with Crippen LogP contribution in [0.3, 0.4) is 0 Å². The molecule has 0 amide bonds. The molecule has 2 atom stereocenters. The van der Waals surface area contributed by atoms with Gasteiger partial charge in [-0.1, -0.05) is 25.1 Å². The maximum Gasteiger partial charge on any atom is 0.123 e. The first-order valence-electron chi connectivity index (χ1n) is 4.70. The van der Waals surface area contributed by atoms with E-state index in [1.54, 1.807) is 7.11 Å². The molecule has 0 saturated carbocycles. The largest absolute Gasteiger partial charge is 0.496 e. The Balaban J connectivity index is 2.93. The van der Waals surface area contributed by atoms with Gasteiger partial charge in [-0.2, -0.15) is 0 Å². The predicted octanol–water partition coefficient (Wildman–Crippen LogP) is 1.32. The minimum absolute atomic E-state index is 0.0336. The van der Waals surface area contributed by atoms with Crippen molar-refractivity contribution in [3.63, 3.8) is 0 Å². The van der Waals surface area contributed by atoms with E-state index < -0.39 is 0 Å². The third-order valence-corrected chi connectivity index (χ3v) is 2.40. The summed E-state index contributed by atoms with van der Waals surface area (Å²) in [6, 6.07) is 7.44. The lowest BCUT2D eigenvalue weighted by molar-refractivity contribution is 0.215. The average Bonchev–Trinajstić information content (AvgIpc) is 2.26. The smallest absolute Gasteiger partial charge is 0.123 e. The van der Waals surface area contributed by atoms with E-state index in [9.17, 15) is 0 Å². The zero-order valence-electron chi connectivity index (χ0n) is 8.60. The Bertz CT molecular complexity index is 288. The fourth-order valence-corrected chi connectivity index (χ4v) is 1.36. The number of ether oxygens (including phenoxy) is 1. The molecule has 1 aromatic rings. The van der Waals surface area contributed by atoms with Crippen LogP contribution in [0.5, 0.6) is 5.75 Å². The average molecular weight is 195 g/mol. The van der Waals surface area contributed by atoms with Gasteiger partial charge in [0.05, 0.1) is 7.11 Å². The van der Waals surface area contributed by atoms with Crippen LogP contribution in [-0.2, 0) is 0 Å². The van der Waals surface area contributed by atoms with Crippen LogP contribution in [0.2, 0.25) is 0 Å². The van der Waals surface area contributed by atoms with Gasteiger partial charge in [0.1, 0.15) is 5.75 Å². The van der Waals surface area contributed by atoms with Gasteiger partial charge in [0.15, 0.2) is 0 Å². The summed E-state index contributed by atoms with van der Waals surface area (Å²) in [5, 5.41) is 9.01. The van der Waals surface area contributed by atoms with Crippen molar-refractivity contribution < 1.29 is 9.84 Å². The summed E-state index contributed by atoms with van der Waals surface area (Å²) in [5.41, 5.74) is 6.93. The number of hydrogen-bond acceptors (Lipinski definition) is 3. The highest BCUT2D eigenvalue weighted by molar-refractivity contribution is 5.35. The number of benzene rings is 1. The third-order valence-electron chi connectivity index (χ3n) is 2.40. The number of para-hydroxylation sites is 1. The van der Waals surface area contributed by atoms with Crippen LogP contribution in [0.25, 0.3) is 0 Å². The molecule has 0 aliphatic carbocycles. The van der Waals surface area contributed by atoms with Gasteiger partial charge < -0.3 is 15.6 Å². The summed E-state index contributed by atoms with van der Waals surface area (Å²) in [5.74, 6) is 0.812. The highest BCUT2D eigenvalue weighted by atomic mass is 16.5. The zero-order chi connectivity index (χ0) is 10.6. The minimum atomic E-state index is -0.184.